The molecule has 7 heteroatoms. The maximum atomic E-state index is 12.6. The number of sulfonamides is 1. The van der Waals surface area contributed by atoms with E-state index in [0.717, 1.165) is 5.56 Å². The molecule has 144 valence electrons. The fraction of sp³-hybridized carbons (Fsp3) is 0.0952. The monoisotopic (exact) mass is 414 g/mol. The smallest absolute Gasteiger partial charge is 0.261 e. The third kappa shape index (κ3) is 4.52. The minimum Gasteiger partial charge on any atom is -0.322 e. The zero-order chi connectivity index (χ0) is 20.3. The Bertz CT molecular complexity index is 1130. The molecule has 3 aromatic carbocycles. The molecule has 3 rings (SSSR count). The van der Waals surface area contributed by atoms with E-state index in [1.165, 1.54) is 18.2 Å². The van der Waals surface area contributed by atoms with E-state index < -0.39 is 10.0 Å². The Balaban J connectivity index is 1.84. The lowest BCUT2D eigenvalue weighted by Gasteiger charge is -2.13. The summed E-state index contributed by atoms with van der Waals surface area (Å²) in [4.78, 5) is 12.7. The number of carbonyl (C=O) groups excluding carboxylic acids is 1. The number of nitrogens with one attached hydrogen (secondary N) is 2. The van der Waals surface area contributed by atoms with Gasteiger partial charge in [-0.25, -0.2) is 8.42 Å². The van der Waals surface area contributed by atoms with E-state index in [4.69, 9.17) is 11.6 Å². The molecule has 0 aliphatic heterocycles. The van der Waals surface area contributed by atoms with Crippen molar-refractivity contribution < 1.29 is 13.2 Å². The van der Waals surface area contributed by atoms with Gasteiger partial charge >= 0.3 is 0 Å². The van der Waals surface area contributed by atoms with Gasteiger partial charge in [-0.2, -0.15) is 0 Å². The molecule has 1 amide bonds. The van der Waals surface area contributed by atoms with Crippen LogP contribution in [0.25, 0.3) is 0 Å². The van der Waals surface area contributed by atoms with Gasteiger partial charge in [-0.3, -0.25) is 9.52 Å². The Morgan fingerprint density at radius 1 is 0.893 bits per heavy atom. The fourth-order valence-corrected chi connectivity index (χ4v) is 3.87. The zero-order valence-corrected chi connectivity index (χ0v) is 16.9. The predicted octanol–water partition coefficient (Wildman–Crippen LogP) is 5.01. The Morgan fingerprint density at radius 3 is 2.25 bits per heavy atom. The molecule has 0 aliphatic rings. The zero-order valence-electron chi connectivity index (χ0n) is 15.4. The summed E-state index contributed by atoms with van der Waals surface area (Å²) in [7, 11) is -3.75. The van der Waals surface area contributed by atoms with Crippen LogP contribution in [0.4, 0.5) is 11.4 Å². The van der Waals surface area contributed by atoms with Crippen LogP contribution in [0.2, 0.25) is 5.02 Å². The number of benzene rings is 3. The first-order valence-electron chi connectivity index (χ1n) is 8.52. The highest BCUT2D eigenvalue weighted by Gasteiger charge is 2.16. The Hall–Kier alpha value is -2.83. The van der Waals surface area contributed by atoms with Gasteiger partial charge in [0, 0.05) is 16.3 Å². The topological polar surface area (TPSA) is 75.3 Å². The summed E-state index contributed by atoms with van der Waals surface area (Å²) in [6, 6.07) is 18.1. The lowest BCUT2D eigenvalue weighted by molar-refractivity contribution is 0.102. The molecule has 0 aliphatic carbocycles. The highest BCUT2D eigenvalue weighted by atomic mass is 35.5. The first-order chi connectivity index (χ1) is 13.3. The van der Waals surface area contributed by atoms with Crippen LogP contribution in [-0.2, 0) is 10.0 Å². The van der Waals surface area contributed by atoms with Crippen molar-refractivity contribution in [3.8, 4) is 0 Å². The first kappa shape index (κ1) is 19.9. The van der Waals surface area contributed by atoms with Gasteiger partial charge < -0.3 is 5.32 Å². The summed E-state index contributed by atoms with van der Waals surface area (Å²) in [5.41, 5.74) is 2.85. The molecule has 0 spiro atoms. The van der Waals surface area contributed by atoms with Gasteiger partial charge in [0.25, 0.3) is 15.9 Å². The van der Waals surface area contributed by atoms with E-state index >= 15 is 0 Å². The molecule has 0 bridgehead atoms. The highest BCUT2D eigenvalue weighted by Crippen LogP contribution is 2.23. The number of carbonyl (C=O) groups is 1. The second-order valence-electron chi connectivity index (χ2n) is 6.37. The summed E-state index contributed by atoms with van der Waals surface area (Å²) in [5.74, 6) is -0.361. The van der Waals surface area contributed by atoms with Crippen molar-refractivity contribution >= 4 is 38.9 Å². The molecule has 3 aromatic rings. The molecule has 0 unspecified atom stereocenters. The van der Waals surface area contributed by atoms with E-state index in [2.05, 4.69) is 10.0 Å². The first-order valence-corrected chi connectivity index (χ1v) is 10.4. The SMILES string of the molecule is Cc1ccc(NC(=O)c2ccc(C)c(NS(=O)(=O)c3ccccc3)c2)cc1Cl. The molecule has 2 N–H and O–H groups in total. The Kier molecular flexibility index (Phi) is 5.72. The second-order valence-corrected chi connectivity index (χ2v) is 8.46. The number of hydrogen-bond donors (Lipinski definition) is 2. The molecular formula is C21H19ClN2O3S. The van der Waals surface area contributed by atoms with Gasteiger partial charge in [-0.1, -0.05) is 41.9 Å². The van der Waals surface area contributed by atoms with Crippen LogP contribution in [-0.4, -0.2) is 14.3 Å². The van der Waals surface area contributed by atoms with E-state index in [0.29, 0.717) is 27.5 Å². The van der Waals surface area contributed by atoms with E-state index in [-0.39, 0.29) is 10.8 Å². The molecule has 0 heterocycles. The van der Waals surface area contributed by atoms with Crippen molar-refractivity contribution in [2.45, 2.75) is 18.7 Å². The average molecular weight is 415 g/mol. The third-order valence-electron chi connectivity index (χ3n) is 4.23. The normalized spacial score (nSPS) is 11.1. The number of rotatable bonds is 5. The molecule has 0 saturated heterocycles. The summed E-state index contributed by atoms with van der Waals surface area (Å²) in [6.45, 7) is 3.64. The van der Waals surface area contributed by atoms with Crippen molar-refractivity contribution in [1.29, 1.82) is 0 Å². The Morgan fingerprint density at radius 2 is 1.57 bits per heavy atom. The number of anilines is 2. The number of halogens is 1. The second kappa shape index (κ2) is 8.04. The maximum Gasteiger partial charge on any atom is 0.261 e. The van der Waals surface area contributed by atoms with Gasteiger partial charge in [0.05, 0.1) is 10.6 Å². The fourth-order valence-electron chi connectivity index (χ4n) is 2.55. The number of amides is 1. The lowest BCUT2D eigenvalue weighted by Crippen LogP contribution is -2.16. The molecule has 0 atom stereocenters. The van der Waals surface area contributed by atoms with Crippen LogP contribution in [0.15, 0.2) is 71.6 Å². The van der Waals surface area contributed by atoms with Crippen LogP contribution in [0.5, 0.6) is 0 Å². The van der Waals surface area contributed by atoms with Crippen molar-refractivity contribution in [2.24, 2.45) is 0 Å². The summed E-state index contributed by atoms with van der Waals surface area (Å²) >= 11 is 6.09. The molecule has 0 fully saturated rings. The molecular weight excluding hydrogens is 396 g/mol. The highest BCUT2D eigenvalue weighted by molar-refractivity contribution is 7.92. The maximum absolute atomic E-state index is 12.6. The quantitative estimate of drug-likeness (QED) is 0.616. The third-order valence-corrected chi connectivity index (χ3v) is 6.02. The van der Waals surface area contributed by atoms with Gasteiger partial charge in [-0.05, 0) is 61.4 Å². The summed E-state index contributed by atoms with van der Waals surface area (Å²) in [5, 5.41) is 3.32. The standard InChI is InChI=1S/C21H19ClN2O3S/c1-14-9-11-17(13-19(14)22)23-21(25)16-10-8-15(2)20(12-16)24-28(26,27)18-6-4-3-5-7-18/h3-13,24H,1-2H3,(H,23,25). The minimum absolute atomic E-state index is 0.151. The molecule has 28 heavy (non-hydrogen) atoms. The van der Waals surface area contributed by atoms with Crippen molar-refractivity contribution in [2.75, 3.05) is 10.0 Å². The van der Waals surface area contributed by atoms with Crippen LogP contribution in [0.3, 0.4) is 0 Å². The largest absolute Gasteiger partial charge is 0.322 e. The molecule has 0 aromatic heterocycles. The molecule has 0 radical (unpaired) electrons. The Labute approximate surface area is 169 Å². The summed E-state index contributed by atoms with van der Waals surface area (Å²) < 4.78 is 27.7. The van der Waals surface area contributed by atoms with Crippen molar-refractivity contribution in [1.82, 2.24) is 0 Å². The van der Waals surface area contributed by atoms with Crippen molar-refractivity contribution in [3.63, 3.8) is 0 Å². The van der Waals surface area contributed by atoms with Gasteiger partial charge in [0.15, 0.2) is 0 Å². The van der Waals surface area contributed by atoms with Gasteiger partial charge in [0.2, 0.25) is 0 Å². The van der Waals surface area contributed by atoms with Gasteiger partial charge in [0.1, 0.15) is 0 Å². The molecule has 0 saturated carbocycles. The number of aryl methyl sites for hydroxylation is 2. The number of hydrogen-bond acceptors (Lipinski definition) is 3. The van der Waals surface area contributed by atoms with Crippen LogP contribution < -0.4 is 10.0 Å². The van der Waals surface area contributed by atoms with E-state index in [1.54, 1.807) is 49.4 Å². The van der Waals surface area contributed by atoms with E-state index in [1.807, 2.05) is 13.0 Å². The summed E-state index contributed by atoms with van der Waals surface area (Å²) in [6.07, 6.45) is 0. The van der Waals surface area contributed by atoms with Crippen LogP contribution in [0.1, 0.15) is 21.5 Å². The molecule has 5 nitrogen and oxygen atoms in total. The van der Waals surface area contributed by atoms with Crippen LogP contribution in [0, 0.1) is 13.8 Å². The van der Waals surface area contributed by atoms with Crippen molar-refractivity contribution in [3.05, 3.63) is 88.4 Å². The predicted molar refractivity (Wildman–Crippen MR) is 113 cm³/mol. The van der Waals surface area contributed by atoms with Gasteiger partial charge in [-0.15, -0.1) is 0 Å². The lowest BCUT2D eigenvalue weighted by atomic mass is 10.1. The average Bonchev–Trinajstić information content (AvgIpc) is 2.67. The van der Waals surface area contributed by atoms with Crippen LogP contribution >= 0.6 is 11.6 Å². The van der Waals surface area contributed by atoms with E-state index in [9.17, 15) is 13.2 Å². The minimum atomic E-state index is -3.75.